The standard InChI is InChI=1S/C16H20N6OS/c1-5-16(3,14-17-6-7-24-14)20-15(23)19-11-8-12-10(2)21-22(4)13(12)18-9-11/h6-9H,5H2,1-4H3,(H2,19,20,23)/t16-/m1/s1. The number of amides is 2. The van der Waals surface area contributed by atoms with E-state index in [0.717, 1.165) is 28.2 Å². The summed E-state index contributed by atoms with van der Waals surface area (Å²) in [6.07, 6.45) is 4.12. The third kappa shape index (κ3) is 2.96. The summed E-state index contributed by atoms with van der Waals surface area (Å²) in [5, 5.41) is 13.9. The molecule has 3 aromatic heterocycles. The molecule has 0 aromatic carbocycles. The van der Waals surface area contributed by atoms with Crippen LogP contribution in [0.25, 0.3) is 11.0 Å². The first-order chi connectivity index (χ1) is 11.4. The van der Waals surface area contributed by atoms with E-state index in [-0.39, 0.29) is 6.03 Å². The maximum Gasteiger partial charge on any atom is 0.320 e. The quantitative estimate of drug-likeness (QED) is 0.761. The number of pyridine rings is 1. The number of rotatable bonds is 4. The number of thiazole rings is 1. The molecule has 0 radical (unpaired) electrons. The van der Waals surface area contributed by atoms with E-state index in [1.807, 2.05) is 39.3 Å². The van der Waals surface area contributed by atoms with Crippen molar-refractivity contribution in [2.24, 2.45) is 7.05 Å². The Labute approximate surface area is 144 Å². The number of nitrogens with zero attached hydrogens (tertiary/aromatic N) is 4. The Kier molecular flexibility index (Phi) is 4.23. The van der Waals surface area contributed by atoms with Crippen molar-refractivity contribution in [3.05, 3.63) is 34.5 Å². The van der Waals surface area contributed by atoms with Gasteiger partial charge in [0.05, 0.1) is 23.1 Å². The van der Waals surface area contributed by atoms with Gasteiger partial charge in [0.25, 0.3) is 0 Å². The largest absolute Gasteiger partial charge is 0.326 e. The fraction of sp³-hybridized carbons (Fsp3) is 0.375. The van der Waals surface area contributed by atoms with Crippen molar-refractivity contribution in [2.75, 3.05) is 5.32 Å². The summed E-state index contributed by atoms with van der Waals surface area (Å²) >= 11 is 1.53. The van der Waals surface area contributed by atoms with Gasteiger partial charge in [-0.2, -0.15) is 5.10 Å². The molecule has 0 saturated heterocycles. The van der Waals surface area contributed by atoms with Crippen LogP contribution in [-0.2, 0) is 12.6 Å². The van der Waals surface area contributed by atoms with Crippen LogP contribution in [0.3, 0.4) is 0 Å². The van der Waals surface area contributed by atoms with Gasteiger partial charge in [0, 0.05) is 24.0 Å². The first kappa shape index (κ1) is 16.4. The number of urea groups is 1. The summed E-state index contributed by atoms with van der Waals surface area (Å²) in [6.45, 7) is 5.91. The van der Waals surface area contributed by atoms with E-state index in [4.69, 9.17) is 0 Å². The normalized spacial score (nSPS) is 13.7. The number of nitrogens with one attached hydrogen (secondary N) is 2. The molecular weight excluding hydrogens is 324 g/mol. The van der Waals surface area contributed by atoms with E-state index in [1.54, 1.807) is 17.1 Å². The third-order valence-electron chi connectivity index (χ3n) is 4.12. The molecule has 0 fully saturated rings. The number of aromatic nitrogens is 4. The zero-order valence-electron chi connectivity index (χ0n) is 14.1. The fourth-order valence-electron chi connectivity index (χ4n) is 2.58. The van der Waals surface area contributed by atoms with Crippen molar-refractivity contribution in [3.63, 3.8) is 0 Å². The lowest BCUT2D eigenvalue weighted by molar-refractivity contribution is 0.238. The van der Waals surface area contributed by atoms with Crippen LogP contribution in [0.15, 0.2) is 23.8 Å². The molecule has 126 valence electrons. The van der Waals surface area contributed by atoms with Crippen LogP contribution in [0.1, 0.15) is 31.0 Å². The van der Waals surface area contributed by atoms with E-state index < -0.39 is 5.54 Å². The topological polar surface area (TPSA) is 84.7 Å². The minimum atomic E-state index is -0.500. The third-order valence-corrected chi connectivity index (χ3v) is 5.16. The highest BCUT2D eigenvalue weighted by Crippen LogP contribution is 2.26. The van der Waals surface area contributed by atoms with E-state index in [2.05, 4.69) is 25.7 Å². The first-order valence-electron chi connectivity index (χ1n) is 7.71. The molecule has 0 aliphatic carbocycles. The average molecular weight is 344 g/mol. The molecule has 0 aliphatic heterocycles. The predicted octanol–water partition coefficient (Wildman–Crippen LogP) is 3.18. The highest BCUT2D eigenvalue weighted by molar-refractivity contribution is 7.09. The van der Waals surface area contributed by atoms with E-state index >= 15 is 0 Å². The summed E-state index contributed by atoms with van der Waals surface area (Å²) in [5.74, 6) is 0. The predicted molar refractivity (Wildman–Crippen MR) is 95.2 cm³/mol. The summed E-state index contributed by atoms with van der Waals surface area (Å²) in [7, 11) is 1.85. The smallest absolute Gasteiger partial charge is 0.320 e. The highest BCUT2D eigenvalue weighted by Gasteiger charge is 2.29. The van der Waals surface area contributed by atoms with Crippen LogP contribution in [0.5, 0.6) is 0 Å². The van der Waals surface area contributed by atoms with Crippen LogP contribution in [0.2, 0.25) is 0 Å². The molecule has 0 aliphatic rings. The summed E-state index contributed by atoms with van der Waals surface area (Å²) in [6, 6.07) is 1.61. The number of hydrogen-bond acceptors (Lipinski definition) is 5. The molecule has 2 N–H and O–H groups in total. The molecule has 3 heterocycles. The second kappa shape index (κ2) is 6.20. The van der Waals surface area contributed by atoms with Gasteiger partial charge in [-0.15, -0.1) is 11.3 Å². The van der Waals surface area contributed by atoms with Crippen molar-refractivity contribution in [1.82, 2.24) is 25.1 Å². The number of anilines is 1. The Morgan fingerprint density at radius 2 is 2.21 bits per heavy atom. The van der Waals surface area contributed by atoms with Gasteiger partial charge in [0.2, 0.25) is 0 Å². The Morgan fingerprint density at radius 1 is 1.42 bits per heavy atom. The maximum atomic E-state index is 12.4. The molecule has 0 unspecified atom stereocenters. The number of hydrogen-bond donors (Lipinski definition) is 2. The van der Waals surface area contributed by atoms with Crippen LogP contribution in [-0.4, -0.2) is 25.8 Å². The minimum Gasteiger partial charge on any atom is -0.326 e. The van der Waals surface area contributed by atoms with Gasteiger partial charge in [-0.25, -0.2) is 14.8 Å². The lowest BCUT2D eigenvalue weighted by Gasteiger charge is -2.27. The maximum absolute atomic E-state index is 12.4. The Hall–Kier alpha value is -2.48. The molecule has 7 nitrogen and oxygen atoms in total. The van der Waals surface area contributed by atoms with Gasteiger partial charge in [0.1, 0.15) is 5.01 Å². The van der Waals surface area contributed by atoms with Crippen molar-refractivity contribution in [2.45, 2.75) is 32.7 Å². The molecule has 0 saturated carbocycles. The second-order valence-corrected chi connectivity index (χ2v) is 6.80. The Morgan fingerprint density at radius 3 is 2.88 bits per heavy atom. The molecule has 8 heteroatoms. The van der Waals surface area contributed by atoms with Crippen LogP contribution >= 0.6 is 11.3 Å². The lowest BCUT2D eigenvalue weighted by Crippen LogP contribution is -2.45. The monoisotopic (exact) mass is 344 g/mol. The van der Waals surface area contributed by atoms with Gasteiger partial charge in [-0.05, 0) is 26.3 Å². The Bertz CT molecular complexity index is 872. The van der Waals surface area contributed by atoms with Crippen LogP contribution in [0.4, 0.5) is 10.5 Å². The van der Waals surface area contributed by atoms with Gasteiger partial charge in [0.15, 0.2) is 5.65 Å². The Balaban J connectivity index is 1.78. The van der Waals surface area contributed by atoms with E-state index in [9.17, 15) is 4.79 Å². The molecule has 3 rings (SSSR count). The summed E-state index contributed by atoms with van der Waals surface area (Å²) in [4.78, 5) is 21.1. The molecule has 0 spiro atoms. The average Bonchev–Trinajstić information content (AvgIpc) is 3.17. The van der Waals surface area contributed by atoms with Crippen molar-refractivity contribution < 1.29 is 4.79 Å². The van der Waals surface area contributed by atoms with Crippen LogP contribution < -0.4 is 10.6 Å². The van der Waals surface area contributed by atoms with E-state index in [1.165, 1.54) is 11.3 Å². The number of fused-ring (bicyclic) bond motifs is 1. The number of carbonyl (C=O) groups excluding carboxylic acids is 1. The molecule has 24 heavy (non-hydrogen) atoms. The molecule has 1 atom stereocenters. The van der Waals surface area contributed by atoms with Gasteiger partial charge in [-0.3, -0.25) is 4.68 Å². The highest BCUT2D eigenvalue weighted by atomic mass is 32.1. The van der Waals surface area contributed by atoms with Crippen LogP contribution in [0, 0.1) is 6.92 Å². The van der Waals surface area contributed by atoms with Gasteiger partial charge < -0.3 is 10.6 Å². The number of aryl methyl sites for hydroxylation is 2. The molecular formula is C16H20N6OS. The summed E-state index contributed by atoms with van der Waals surface area (Å²) in [5.41, 5.74) is 1.80. The minimum absolute atomic E-state index is 0.280. The lowest BCUT2D eigenvalue weighted by atomic mass is 10.0. The van der Waals surface area contributed by atoms with Gasteiger partial charge in [-0.1, -0.05) is 6.92 Å². The molecule has 3 aromatic rings. The summed E-state index contributed by atoms with van der Waals surface area (Å²) < 4.78 is 1.73. The zero-order valence-corrected chi connectivity index (χ0v) is 14.9. The zero-order chi connectivity index (χ0) is 17.3. The van der Waals surface area contributed by atoms with Crippen molar-refractivity contribution >= 4 is 34.1 Å². The van der Waals surface area contributed by atoms with E-state index in [0.29, 0.717) is 5.69 Å². The molecule has 0 bridgehead atoms. The van der Waals surface area contributed by atoms with Crippen molar-refractivity contribution in [1.29, 1.82) is 0 Å². The SMILES string of the molecule is CC[C@@](C)(NC(=O)Nc1cnc2c(c1)c(C)nn2C)c1nccs1. The second-order valence-electron chi connectivity index (χ2n) is 5.91. The van der Waals surface area contributed by atoms with Crippen molar-refractivity contribution in [3.8, 4) is 0 Å². The molecule has 2 amide bonds. The van der Waals surface area contributed by atoms with Gasteiger partial charge >= 0.3 is 6.03 Å². The fourth-order valence-corrected chi connectivity index (χ4v) is 3.41. The first-order valence-corrected chi connectivity index (χ1v) is 8.59. The number of carbonyl (C=O) groups is 1.